The Morgan fingerprint density at radius 2 is 1.68 bits per heavy atom. The molecule has 0 saturated carbocycles. The molecule has 0 amide bonds. The lowest BCUT2D eigenvalue weighted by molar-refractivity contribution is 0.102. The van der Waals surface area contributed by atoms with E-state index in [0.717, 1.165) is 22.0 Å². The average Bonchev–Trinajstić information content (AvgIpc) is 3.02. The van der Waals surface area contributed by atoms with Gasteiger partial charge in [-0.25, -0.2) is 0 Å². The highest BCUT2D eigenvalue weighted by Crippen LogP contribution is 2.26. The van der Waals surface area contributed by atoms with Crippen molar-refractivity contribution in [2.45, 2.75) is 5.03 Å². The van der Waals surface area contributed by atoms with Gasteiger partial charge in [-0.3, -0.25) is 4.79 Å². The molecule has 0 aliphatic rings. The number of ketones is 1. The summed E-state index contributed by atoms with van der Waals surface area (Å²) in [5.41, 5.74) is 8.42. The van der Waals surface area contributed by atoms with Crippen LogP contribution < -0.4 is 5.73 Å². The molecule has 0 aliphatic heterocycles. The molecule has 0 spiro atoms. The van der Waals surface area contributed by atoms with Crippen molar-refractivity contribution in [3.63, 3.8) is 0 Å². The second kappa shape index (κ2) is 6.54. The fourth-order valence-corrected chi connectivity index (χ4v) is 3.15. The molecule has 0 bridgehead atoms. The molecule has 0 radical (unpaired) electrons. The molecule has 0 unspecified atom stereocenters. The Labute approximate surface area is 133 Å². The van der Waals surface area contributed by atoms with Crippen molar-refractivity contribution in [2.24, 2.45) is 0 Å². The zero-order valence-electron chi connectivity index (χ0n) is 12.0. The number of rotatable bonds is 5. The standard InChI is InChI=1S/C18H16N2OS/c19-15-9-4-5-10-16(15)20-12-6-11-18(20)22-13-17(21)14-7-2-1-3-8-14/h1-12H,13,19H2. The number of hydrogen-bond acceptors (Lipinski definition) is 3. The summed E-state index contributed by atoms with van der Waals surface area (Å²) in [6, 6.07) is 21.0. The van der Waals surface area contributed by atoms with Gasteiger partial charge in [0.25, 0.3) is 0 Å². The molecule has 1 aromatic heterocycles. The fraction of sp³-hybridized carbons (Fsp3) is 0.0556. The van der Waals surface area contributed by atoms with Crippen LogP contribution in [0.1, 0.15) is 10.4 Å². The van der Waals surface area contributed by atoms with Gasteiger partial charge >= 0.3 is 0 Å². The molecule has 4 heteroatoms. The normalized spacial score (nSPS) is 10.5. The van der Waals surface area contributed by atoms with Crippen LogP contribution in [0.2, 0.25) is 0 Å². The van der Waals surface area contributed by atoms with Crippen molar-refractivity contribution in [3.8, 4) is 5.69 Å². The molecule has 0 aliphatic carbocycles. The summed E-state index contributed by atoms with van der Waals surface area (Å²) < 4.78 is 2.01. The second-order valence-electron chi connectivity index (χ2n) is 4.85. The van der Waals surface area contributed by atoms with Gasteiger partial charge in [-0.15, -0.1) is 0 Å². The lowest BCUT2D eigenvalue weighted by atomic mass is 10.2. The molecule has 110 valence electrons. The number of nitrogens with zero attached hydrogens (tertiary/aromatic N) is 1. The Balaban J connectivity index is 1.77. The first kappa shape index (κ1) is 14.5. The summed E-state index contributed by atoms with van der Waals surface area (Å²) in [5.74, 6) is 0.528. The van der Waals surface area contributed by atoms with Crippen LogP contribution in [0.5, 0.6) is 0 Å². The minimum absolute atomic E-state index is 0.124. The number of thioether (sulfide) groups is 1. The quantitative estimate of drug-likeness (QED) is 0.440. The minimum atomic E-state index is 0.124. The highest BCUT2D eigenvalue weighted by Gasteiger charge is 2.10. The molecule has 2 aromatic carbocycles. The SMILES string of the molecule is Nc1ccccc1-n1cccc1SCC(=O)c1ccccc1. The molecule has 2 N–H and O–H groups in total. The molecular formula is C18H16N2OS. The van der Waals surface area contributed by atoms with Crippen molar-refractivity contribution in [2.75, 3.05) is 11.5 Å². The number of aromatic nitrogens is 1. The molecule has 0 saturated heterocycles. The number of para-hydroxylation sites is 2. The van der Waals surface area contributed by atoms with Crippen molar-refractivity contribution < 1.29 is 4.79 Å². The van der Waals surface area contributed by atoms with E-state index in [2.05, 4.69) is 0 Å². The molecule has 3 rings (SSSR count). The summed E-state index contributed by atoms with van der Waals surface area (Å²) in [6.45, 7) is 0. The highest BCUT2D eigenvalue weighted by atomic mass is 32.2. The topological polar surface area (TPSA) is 48.0 Å². The third-order valence-electron chi connectivity index (χ3n) is 3.35. The molecule has 1 heterocycles. The third kappa shape index (κ3) is 3.07. The largest absolute Gasteiger partial charge is 0.397 e. The van der Waals surface area contributed by atoms with E-state index in [-0.39, 0.29) is 5.78 Å². The number of hydrogen-bond donors (Lipinski definition) is 1. The molecule has 0 fully saturated rings. The Morgan fingerprint density at radius 3 is 2.45 bits per heavy atom. The number of nitrogens with two attached hydrogens (primary N) is 1. The average molecular weight is 308 g/mol. The van der Waals surface area contributed by atoms with Gasteiger partial charge in [0.15, 0.2) is 5.78 Å². The van der Waals surface area contributed by atoms with Gasteiger partial charge in [0, 0.05) is 11.8 Å². The fourth-order valence-electron chi connectivity index (χ4n) is 2.24. The third-order valence-corrected chi connectivity index (χ3v) is 4.39. The van der Waals surface area contributed by atoms with E-state index in [1.165, 1.54) is 11.8 Å². The monoisotopic (exact) mass is 308 g/mol. The number of carbonyl (C=O) groups excluding carboxylic acids is 1. The van der Waals surface area contributed by atoms with Crippen LogP contribution in [0.3, 0.4) is 0 Å². The van der Waals surface area contributed by atoms with Crippen LogP contribution in [0.15, 0.2) is 78.0 Å². The minimum Gasteiger partial charge on any atom is -0.397 e. The molecule has 3 nitrogen and oxygen atoms in total. The Bertz CT molecular complexity index is 781. The molecular weight excluding hydrogens is 292 g/mol. The number of nitrogen functional groups attached to an aromatic ring is 1. The van der Waals surface area contributed by atoms with Gasteiger partial charge < -0.3 is 10.3 Å². The summed E-state index contributed by atoms with van der Waals surface area (Å²) >= 11 is 1.52. The van der Waals surface area contributed by atoms with E-state index in [0.29, 0.717) is 5.75 Å². The van der Waals surface area contributed by atoms with Gasteiger partial charge in [0.05, 0.1) is 22.2 Å². The lowest BCUT2D eigenvalue weighted by Gasteiger charge is -2.11. The molecule has 22 heavy (non-hydrogen) atoms. The maximum absolute atomic E-state index is 12.2. The Kier molecular flexibility index (Phi) is 4.30. The van der Waals surface area contributed by atoms with E-state index in [1.54, 1.807) is 0 Å². The number of Topliss-reactive ketones (excluding diaryl/α,β-unsaturated/α-hetero) is 1. The smallest absolute Gasteiger partial charge is 0.173 e. The highest BCUT2D eigenvalue weighted by molar-refractivity contribution is 8.00. The van der Waals surface area contributed by atoms with Crippen LogP contribution in [-0.2, 0) is 0 Å². The van der Waals surface area contributed by atoms with Crippen LogP contribution in [0.4, 0.5) is 5.69 Å². The van der Waals surface area contributed by atoms with Gasteiger partial charge in [-0.1, -0.05) is 54.2 Å². The number of anilines is 1. The van der Waals surface area contributed by atoms with Crippen LogP contribution in [0.25, 0.3) is 5.69 Å². The van der Waals surface area contributed by atoms with E-state index < -0.39 is 0 Å². The van der Waals surface area contributed by atoms with Gasteiger partial charge in [0.2, 0.25) is 0 Å². The summed E-state index contributed by atoms with van der Waals surface area (Å²) in [6.07, 6.45) is 1.96. The van der Waals surface area contributed by atoms with Crippen molar-refractivity contribution >= 4 is 23.2 Å². The first-order chi connectivity index (χ1) is 10.8. The summed E-state index contributed by atoms with van der Waals surface area (Å²) in [5, 5.41) is 1.00. The van der Waals surface area contributed by atoms with Crippen molar-refractivity contribution in [3.05, 3.63) is 78.5 Å². The summed E-state index contributed by atoms with van der Waals surface area (Å²) in [4.78, 5) is 12.2. The van der Waals surface area contributed by atoms with Gasteiger partial charge in [0.1, 0.15) is 0 Å². The Hall–Kier alpha value is -2.46. The predicted octanol–water partition coefficient (Wildman–Crippen LogP) is 4.03. The maximum Gasteiger partial charge on any atom is 0.173 e. The van der Waals surface area contributed by atoms with Crippen molar-refractivity contribution in [1.29, 1.82) is 0 Å². The van der Waals surface area contributed by atoms with Crippen molar-refractivity contribution in [1.82, 2.24) is 4.57 Å². The second-order valence-corrected chi connectivity index (χ2v) is 5.85. The first-order valence-corrected chi connectivity index (χ1v) is 7.97. The van der Waals surface area contributed by atoms with E-state index >= 15 is 0 Å². The molecule has 0 atom stereocenters. The molecule has 3 aromatic rings. The van der Waals surface area contributed by atoms with Gasteiger partial charge in [-0.2, -0.15) is 0 Å². The zero-order valence-corrected chi connectivity index (χ0v) is 12.8. The van der Waals surface area contributed by atoms with Crippen LogP contribution in [-0.4, -0.2) is 16.1 Å². The first-order valence-electron chi connectivity index (χ1n) is 6.99. The van der Waals surface area contributed by atoms with Crippen LogP contribution >= 0.6 is 11.8 Å². The number of benzene rings is 2. The summed E-state index contributed by atoms with van der Waals surface area (Å²) in [7, 11) is 0. The predicted molar refractivity (Wildman–Crippen MR) is 91.7 cm³/mol. The lowest BCUT2D eigenvalue weighted by Crippen LogP contribution is -2.04. The van der Waals surface area contributed by atoms with Gasteiger partial charge in [-0.05, 0) is 24.3 Å². The zero-order chi connectivity index (χ0) is 15.4. The Morgan fingerprint density at radius 1 is 0.955 bits per heavy atom. The van der Waals surface area contributed by atoms with E-state index in [1.807, 2.05) is 77.5 Å². The van der Waals surface area contributed by atoms with E-state index in [9.17, 15) is 4.79 Å². The number of carbonyl (C=O) groups is 1. The van der Waals surface area contributed by atoms with E-state index in [4.69, 9.17) is 5.73 Å². The van der Waals surface area contributed by atoms with Crippen LogP contribution in [0, 0.1) is 0 Å². The maximum atomic E-state index is 12.2.